The first kappa shape index (κ1) is 23.2. The maximum atomic E-state index is 11.6. The molecule has 1 heterocycles. The quantitative estimate of drug-likeness (QED) is 0.335. The third-order valence-corrected chi connectivity index (χ3v) is 5.44. The summed E-state index contributed by atoms with van der Waals surface area (Å²) in [6.07, 6.45) is 1.33. The molecule has 0 saturated carbocycles. The van der Waals surface area contributed by atoms with Gasteiger partial charge < -0.3 is 20.3 Å². The highest BCUT2D eigenvalue weighted by atomic mass is 127. The number of amides is 1. The minimum atomic E-state index is -2.98. The predicted molar refractivity (Wildman–Crippen MR) is 106 cm³/mol. The zero-order chi connectivity index (χ0) is 17.3. The Morgan fingerprint density at radius 2 is 1.92 bits per heavy atom. The smallest absolute Gasteiger partial charge is 0.409 e. The van der Waals surface area contributed by atoms with E-state index in [1.54, 1.807) is 25.8 Å². The predicted octanol–water partition coefficient (Wildman–Crippen LogP) is 0.825. The summed E-state index contributed by atoms with van der Waals surface area (Å²) in [7, 11) is -1.33. The van der Waals surface area contributed by atoms with Crippen molar-refractivity contribution in [2.24, 2.45) is 4.99 Å². The summed E-state index contributed by atoms with van der Waals surface area (Å²) in [5.41, 5.74) is 0. The molecular formula is C14H29IN4O4S. The molecule has 2 N–H and O–H groups in total. The van der Waals surface area contributed by atoms with Crippen molar-refractivity contribution in [1.29, 1.82) is 0 Å². The second-order valence-electron chi connectivity index (χ2n) is 5.34. The Morgan fingerprint density at radius 3 is 2.42 bits per heavy atom. The van der Waals surface area contributed by atoms with Gasteiger partial charge in [-0.1, -0.05) is 6.92 Å². The number of piperidine rings is 1. The molecule has 1 amide bonds. The maximum Gasteiger partial charge on any atom is 0.409 e. The van der Waals surface area contributed by atoms with Crippen LogP contribution in [-0.2, 0) is 14.6 Å². The third-order valence-electron chi connectivity index (χ3n) is 3.73. The van der Waals surface area contributed by atoms with Crippen molar-refractivity contribution in [3.63, 3.8) is 0 Å². The molecule has 24 heavy (non-hydrogen) atoms. The minimum absolute atomic E-state index is 0. The van der Waals surface area contributed by atoms with Crippen LogP contribution in [0.25, 0.3) is 0 Å². The second-order valence-corrected chi connectivity index (χ2v) is 7.81. The highest BCUT2D eigenvalue weighted by Gasteiger charge is 2.24. The van der Waals surface area contributed by atoms with E-state index in [-0.39, 0.29) is 47.6 Å². The molecule has 142 valence electrons. The van der Waals surface area contributed by atoms with Crippen LogP contribution in [0.5, 0.6) is 0 Å². The van der Waals surface area contributed by atoms with E-state index >= 15 is 0 Å². The molecule has 0 aromatic carbocycles. The number of halogens is 1. The number of aliphatic imine (C=N–C) groups is 1. The maximum absolute atomic E-state index is 11.6. The number of sulfone groups is 1. The first-order chi connectivity index (χ1) is 10.9. The fraction of sp³-hybridized carbons (Fsp3) is 0.857. The van der Waals surface area contributed by atoms with Crippen LogP contribution in [0, 0.1) is 0 Å². The lowest BCUT2D eigenvalue weighted by atomic mass is 10.1. The Labute approximate surface area is 161 Å². The normalized spacial score (nSPS) is 16.3. The van der Waals surface area contributed by atoms with Gasteiger partial charge in [0.2, 0.25) is 0 Å². The summed E-state index contributed by atoms with van der Waals surface area (Å²) >= 11 is 0. The summed E-state index contributed by atoms with van der Waals surface area (Å²) in [5, 5.41) is 6.28. The molecule has 0 aromatic rings. The highest BCUT2D eigenvalue weighted by Crippen LogP contribution is 2.11. The molecular weight excluding hydrogens is 447 g/mol. The second kappa shape index (κ2) is 11.7. The molecule has 0 bridgehead atoms. The Balaban J connectivity index is 0.00000529. The van der Waals surface area contributed by atoms with Crippen molar-refractivity contribution < 1.29 is 17.9 Å². The van der Waals surface area contributed by atoms with Gasteiger partial charge in [-0.3, -0.25) is 4.99 Å². The molecule has 10 heteroatoms. The van der Waals surface area contributed by atoms with E-state index in [0.29, 0.717) is 32.2 Å². The number of carbonyl (C=O) groups is 1. The molecule has 1 aliphatic heterocycles. The zero-order valence-corrected chi connectivity index (χ0v) is 17.7. The van der Waals surface area contributed by atoms with Gasteiger partial charge in [-0.15, -0.1) is 24.0 Å². The first-order valence-corrected chi connectivity index (χ1v) is 9.83. The number of carbonyl (C=O) groups excluding carboxylic acids is 1. The Morgan fingerprint density at radius 1 is 1.29 bits per heavy atom. The molecule has 1 saturated heterocycles. The number of nitrogens with one attached hydrogen (secondary N) is 2. The van der Waals surface area contributed by atoms with E-state index in [1.807, 2.05) is 0 Å². The number of hydrogen-bond acceptors (Lipinski definition) is 5. The molecule has 0 spiro atoms. The molecule has 0 atom stereocenters. The van der Waals surface area contributed by atoms with Gasteiger partial charge in [-0.05, 0) is 19.8 Å². The SMILES string of the molecule is CCOC(=O)N1CCC(NC(=NC)NCCS(=O)(=O)CC)CC1.I. The van der Waals surface area contributed by atoms with Crippen LogP contribution < -0.4 is 10.6 Å². The summed E-state index contributed by atoms with van der Waals surface area (Å²) in [4.78, 5) is 17.4. The molecule has 0 aromatic heterocycles. The van der Waals surface area contributed by atoms with Gasteiger partial charge in [0.05, 0.1) is 12.4 Å². The Kier molecular flexibility index (Phi) is 11.3. The van der Waals surface area contributed by atoms with Gasteiger partial charge in [0.1, 0.15) is 0 Å². The van der Waals surface area contributed by atoms with Crippen molar-refractivity contribution in [3.8, 4) is 0 Å². The van der Waals surface area contributed by atoms with Crippen molar-refractivity contribution in [2.75, 3.05) is 44.8 Å². The molecule has 1 fully saturated rings. The summed E-state index contributed by atoms with van der Waals surface area (Å²) in [6, 6.07) is 0.203. The summed E-state index contributed by atoms with van der Waals surface area (Å²) in [6.45, 7) is 5.42. The van der Waals surface area contributed by atoms with Crippen molar-refractivity contribution in [3.05, 3.63) is 0 Å². The van der Waals surface area contributed by atoms with Crippen molar-refractivity contribution in [1.82, 2.24) is 15.5 Å². The van der Waals surface area contributed by atoms with Gasteiger partial charge >= 0.3 is 6.09 Å². The van der Waals surface area contributed by atoms with Gasteiger partial charge in [-0.25, -0.2) is 13.2 Å². The van der Waals surface area contributed by atoms with E-state index in [2.05, 4.69) is 15.6 Å². The molecule has 0 unspecified atom stereocenters. The molecule has 0 aliphatic carbocycles. The van der Waals surface area contributed by atoms with E-state index in [9.17, 15) is 13.2 Å². The van der Waals surface area contributed by atoms with E-state index in [1.165, 1.54) is 0 Å². The van der Waals surface area contributed by atoms with E-state index in [0.717, 1.165) is 12.8 Å². The molecule has 0 radical (unpaired) electrons. The number of guanidine groups is 1. The number of hydrogen-bond donors (Lipinski definition) is 2. The van der Waals surface area contributed by atoms with Crippen LogP contribution in [0.4, 0.5) is 4.79 Å². The summed E-state index contributed by atoms with van der Waals surface area (Å²) < 4.78 is 27.9. The number of rotatable bonds is 6. The fourth-order valence-corrected chi connectivity index (χ4v) is 2.98. The highest BCUT2D eigenvalue weighted by molar-refractivity contribution is 14.0. The van der Waals surface area contributed by atoms with Gasteiger partial charge in [0.15, 0.2) is 15.8 Å². The van der Waals surface area contributed by atoms with E-state index in [4.69, 9.17) is 4.74 Å². The lowest BCUT2D eigenvalue weighted by Gasteiger charge is -2.32. The average molecular weight is 476 g/mol. The van der Waals surface area contributed by atoms with Gasteiger partial charge in [0, 0.05) is 38.5 Å². The Bertz CT molecular complexity index is 505. The number of nitrogens with zero attached hydrogens (tertiary/aromatic N) is 2. The average Bonchev–Trinajstić information content (AvgIpc) is 2.54. The summed E-state index contributed by atoms with van der Waals surface area (Å²) in [5.74, 6) is 0.823. The van der Waals surface area contributed by atoms with Crippen LogP contribution in [0.3, 0.4) is 0 Å². The molecule has 1 rings (SSSR count). The zero-order valence-electron chi connectivity index (χ0n) is 14.6. The fourth-order valence-electron chi connectivity index (χ4n) is 2.28. The van der Waals surface area contributed by atoms with Crippen LogP contribution in [0.15, 0.2) is 4.99 Å². The van der Waals surface area contributed by atoms with Crippen LogP contribution in [-0.4, -0.2) is 76.2 Å². The standard InChI is InChI=1S/C14H28N4O4S.HI/c1-4-22-14(19)18-9-6-12(7-10-18)17-13(15-3)16-8-11-23(20,21)5-2;/h12H,4-11H2,1-3H3,(H2,15,16,17);1H. The third kappa shape index (κ3) is 8.36. The lowest BCUT2D eigenvalue weighted by Crippen LogP contribution is -2.50. The monoisotopic (exact) mass is 476 g/mol. The van der Waals surface area contributed by atoms with Crippen molar-refractivity contribution >= 4 is 45.9 Å². The van der Waals surface area contributed by atoms with Crippen LogP contribution in [0.2, 0.25) is 0 Å². The topological polar surface area (TPSA) is 100 Å². The molecule has 8 nitrogen and oxygen atoms in total. The molecule has 1 aliphatic rings. The van der Waals surface area contributed by atoms with Crippen LogP contribution in [0.1, 0.15) is 26.7 Å². The van der Waals surface area contributed by atoms with Crippen LogP contribution >= 0.6 is 24.0 Å². The van der Waals surface area contributed by atoms with Gasteiger partial charge in [0.25, 0.3) is 0 Å². The first-order valence-electron chi connectivity index (χ1n) is 8.01. The Hall–Kier alpha value is -0.780. The van der Waals surface area contributed by atoms with Crippen molar-refractivity contribution in [2.45, 2.75) is 32.7 Å². The number of ether oxygens (including phenoxy) is 1. The van der Waals surface area contributed by atoms with E-state index < -0.39 is 9.84 Å². The lowest BCUT2D eigenvalue weighted by molar-refractivity contribution is 0.0963. The minimum Gasteiger partial charge on any atom is -0.450 e. The largest absolute Gasteiger partial charge is 0.450 e. The van der Waals surface area contributed by atoms with Gasteiger partial charge in [-0.2, -0.15) is 0 Å². The number of likely N-dealkylation sites (tertiary alicyclic amines) is 1.